The Morgan fingerprint density at radius 1 is 1.33 bits per heavy atom. The lowest BCUT2D eigenvalue weighted by Crippen LogP contribution is -1.78. The molecule has 0 bridgehead atoms. The van der Waals surface area contributed by atoms with E-state index in [0.717, 1.165) is 0 Å². The fourth-order valence-corrected chi connectivity index (χ4v) is 1.42. The average Bonchev–Trinajstić information content (AvgIpc) is 2.69. The van der Waals surface area contributed by atoms with Gasteiger partial charge < -0.3 is 4.42 Å². The molecular weight excluding hydrogens is 261 g/mol. The van der Waals surface area contributed by atoms with Crippen LogP contribution in [0.25, 0.3) is 0 Å². The summed E-state index contributed by atoms with van der Waals surface area (Å²) in [5.74, 6) is 0.226. The minimum atomic E-state index is -0.368. The Kier molecular flexibility index (Phi) is 2.97. The second-order valence-electron chi connectivity index (χ2n) is 2.87. The van der Waals surface area contributed by atoms with Crippen molar-refractivity contribution >= 4 is 27.8 Å². The van der Waals surface area contributed by atoms with E-state index in [2.05, 4.69) is 20.9 Å². The van der Waals surface area contributed by atoms with Gasteiger partial charge in [-0.2, -0.15) is 0 Å². The number of rotatable bonds is 2. The van der Waals surface area contributed by atoms with Gasteiger partial charge in [-0.3, -0.25) is 0 Å². The van der Waals surface area contributed by atoms with Gasteiger partial charge in [0.2, 0.25) is 0 Å². The summed E-state index contributed by atoms with van der Waals surface area (Å²) in [6, 6.07) is 8.20. The highest BCUT2D eigenvalue weighted by Gasteiger charge is 2.00. The largest absolute Gasteiger partial charge is 0.463 e. The van der Waals surface area contributed by atoms with Crippen LogP contribution in [0.2, 0.25) is 0 Å². The van der Waals surface area contributed by atoms with Gasteiger partial charge in [-0.25, -0.2) is 9.38 Å². The zero-order valence-electron chi connectivity index (χ0n) is 7.65. The van der Waals surface area contributed by atoms with E-state index in [9.17, 15) is 4.39 Å². The van der Waals surface area contributed by atoms with E-state index in [1.165, 1.54) is 12.3 Å². The summed E-state index contributed by atoms with van der Waals surface area (Å²) in [6.45, 7) is 0. The number of halogens is 2. The quantitative estimate of drug-likeness (QED) is 0.757. The summed E-state index contributed by atoms with van der Waals surface area (Å²) >= 11 is 3.18. The normalized spacial score (nSPS) is 11.1. The Hall–Kier alpha value is -1.42. The van der Waals surface area contributed by atoms with E-state index in [0.29, 0.717) is 10.2 Å². The van der Waals surface area contributed by atoms with Crippen LogP contribution in [0, 0.1) is 5.82 Å². The van der Waals surface area contributed by atoms with E-state index < -0.39 is 0 Å². The molecular formula is C11H7BrFNO. The number of benzene rings is 1. The zero-order chi connectivity index (χ0) is 10.7. The van der Waals surface area contributed by atoms with Crippen LogP contribution >= 0.6 is 15.9 Å². The minimum Gasteiger partial charge on any atom is -0.463 e. The molecule has 1 heterocycles. The molecule has 0 saturated carbocycles. The van der Waals surface area contributed by atoms with Gasteiger partial charge in [0.25, 0.3) is 0 Å². The highest BCUT2D eigenvalue weighted by Crippen LogP contribution is 2.21. The summed E-state index contributed by atoms with van der Waals surface area (Å²) in [4.78, 5) is 3.97. The van der Waals surface area contributed by atoms with Crippen molar-refractivity contribution in [2.75, 3.05) is 0 Å². The molecule has 0 aliphatic carbocycles. The van der Waals surface area contributed by atoms with Crippen molar-refractivity contribution < 1.29 is 8.81 Å². The van der Waals surface area contributed by atoms with Crippen LogP contribution in [0.1, 0.15) is 5.76 Å². The maximum atomic E-state index is 13.3. The van der Waals surface area contributed by atoms with Gasteiger partial charge in [-0.05, 0) is 30.3 Å². The van der Waals surface area contributed by atoms with Gasteiger partial charge in [0.15, 0.2) is 0 Å². The van der Waals surface area contributed by atoms with Crippen molar-refractivity contribution in [3.8, 4) is 0 Å². The number of hydrogen-bond acceptors (Lipinski definition) is 2. The lowest BCUT2D eigenvalue weighted by Gasteiger charge is -1.96. The Morgan fingerprint density at radius 2 is 2.20 bits per heavy atom. The summed E-state index contributed by atoms with van der Waals surface area (Å²) in [7, 11) is 0. The molecule has 2 nitrogen and oxygen atoms in total. The molecule has 2 rings (SSSR count). The molecule has 0 saturated heterocycles. The molecule has 0 spiro atoms. The van der Waals surface area contributed by atoms with Crippen LogP contribution in [-0.2, 0) is 0 Å². The van der Waals surface area contributed by atoms with Crippen molar-refractivity contribution in [1.29, 1.82) is 0 Å². The van der Waals surface area contributed by atoms with Crippen LogP contribution in [0.5, 0.6) is 0 Å². The van der Waals surface area contributed by atoms with Crippen molar-refractivity contribution in [3.63, 3.8) is 0 Å². The Balaban J connectivity index is 2.24. The van der Waals surface area contributed by atoms with Crippen LogP contribution < -0.4 is 0 Å². The second kappa shape index (κ2) is 4.40. The predicted molar refractivity (Wildman–Crippen MR) is 60.1 cm³/mol. The van der Waals surface area contributed by atoms with Crippen molar-refractivity contribution in [2.24, 2.45) is 4.99 Å². The highest BCUT2D eigenvalue weighted by atomic mass is 79.9. The first kappa shape index (κ1) is 10.1. The maximum Gasteiger partial charge on any atom is 0.149 e. The first-order valence-corrected chi connectivity index (χ1v) is 5.07. The highest BCUT2D eigenvalue weighted by molar-refractivity contribution is 9.10. The van der Waals surface area contributed by atoms with E-state index in [1.807, 2.05) is 0 Å². The average molecular weight is 268 g/mol. The molecule has 0 aliphatic heterocycles. The Bertz CT molecular complexity index is 479. The lowest BCUT2D eigenvalue weighted by molar-refractivity contribution is 0.560. The summed E-state index contributed by atoms with van der Waals surface area (Å²) in [6.07, 6.45) is 3.02. The first-order chi connectivity index (χ1) is 7.25. The number of hydrogen-bond donors (Lipinski definition) is 0. The van der Waals surface area contributed by atoms with E-state index >= 15 is 0 Å². The van der Waals surface area contributed by atoms with Crippen LogP contribution in [0.4, 0.5) is 10.1 Å². The molecule has 0 atom stereocenters. The van der Waals surface area contributed by atoms with E-state index in [-0.39, 0.29) is 11.5 Å². The first-order valence-electron chi connectivity index (χ1n) is 4.28. The van der Waals surface area contributed by atoms with E-state index in [4.69, 9.17) is 4.42 Å². The van der Waals surface area contributed by atoms with Crippen molar-refractivity contribution in [1.82, 2.24) is 0 Å². The smallest absolute Gasteiger partial charge is 0.149 e. The molecule has 0 radical (unpaired) electrons. The molecule has 1 aromatic heterocycles. The third kappa shape index (κ3) is 2.53. The Labute approximate surface area is 94.6 Å². The molecule has 0 N–H and O–H groups in total. The fraction of sp³-hybridized carbons (Fsp3) is 0. The molecule has 2 aromatic rings. The lowest BCUT2D eigenvalue weighted by atomic mass is 10.3. The number of furan rings is 1. The molecule has 4 heteroatoms. The zero-order valence-corrected chi connectivity index (χ0v) is 9.24. The predicted octanol–water partition coefficient (Wildman–Crippen LogP) is 3.93. The van der Waals surface area contributed by atoms with Crippen molar-refractivity contribution in [3.05, 3.63) is 52.6 Å². The monoisotopic (exact) mass is 267 g/mol. The standard InChI is InChI=1S/C11H7BrFNO/c12-8-3-4-11(10(13)6-8)14-7-9-2-1-5-15-9/h1-7H. The summed E-state index contributed by atoms with van der Waals surface area (Å²) < 4.78 is 19.0. The van der Waals surface area contributed by atoms with E-state index in [1.54, 1.807) is 30.5 Å². The van der Waals surface area contributed by atoms with Gasteiger partial charge in [0.05, 0.1) is 18.2 Å². The van der Waals surface area contributed by atoms with Crippen LogP contribution in [0.15, 0.2) is 50.5 Å². The SMILES string of the molecule is Fc1cc(Br)ccc1N=Cc1ccco1. The number of aliphatic imine (C=N–C) groups is 1. The summed E-state index contributed by atoms with van der Waals surface area (Å²) in [5.41, 5.74) is 0.287. The van der Waals surface area contributed by atoms with Gasteiger partial charge in [-0.15, -0.1) is 0 Å². The van der Waals surface area contributed by atoms with Crippen LogP contribution in [-0.4, -0.2) is 6.21 Å². The minimum absolute atomic E-state index is 0.287. The third-order valence-corrected chi connectivity index (χ3v) is 2.28. The summed E-state index contributed by atoms with van der Waals surface area (Å²) in [5, 5.41) is 0. The van der Waals surface area contributed by atoms with Gasteiger partial charge in [-0.1, -0.05) is 15.9 Å². The molecule has 76 valence electrons. The molecule has 1 aromatic carbocycles. The van der Waals surface area contributed by atoms with Gasteiger partial charge in [0.1, 0.15) is 11.6 Å². The Morgan fingerprint density at radius 3 is 2.87 bits per heavy atom. The molecule has 0 amide bonds. The van der Waals surface area contributed by atoms with Crippen molar-refractivity contribution in [2.45, 2.75) is 0 Å². The molecule has 0 fully saturated rings. The number of nitrogens with zero attached hydrogens (tertiary/aromatic N) is 1. The second-order valence-corrected chi connectivity index (χ2v) is 3.79. The molecule has 15 heavy (non-hydrogen) atoms. The van der Waals surface area contributed by atoms with Gasteiger partial charge in [0, 0.05) is 4.47 Å². The van der Waals surface area contributed by atoms with Crippen LogP contribution in [0.3, 0.4) is 0 Å². The molecule has 0 unspecified atom stereocenters. The van der Waals surface area contributed by atoms with Gasteiger partial charge >= 0.3 is 0 Å². The molecule has 0 aliphatic rings. The third-order valence-electron chi connectivity index (χ3n) is 1.78. The fourth-order valence-electron chi connectivity index (χ4n) is 1.08. The maximum absolute atomic E-state index is 13.3. The topological polar surface area (TPSA) is 25.5 Å².